The highest BCUT2D eigenvalue weighted by Crippen LogP contribution is 2.30. The van der Waals surface area contributed by atoms with E-state index in [9.17, 15) is 13.2 Å². The van der Waals surface area contributed by atoms with Crippen molar-refractivity contribution < 1.29 is 13.2 Å². The second-order valence-corrected chi connectivity index (χ2v) is 4.51. The van der Waals surface area contributed by atoms with E-state index in [1.54, 1.807) is 19.2 Å². The molecule has 100 valence electrons. The lowest BCUT2D eigenvalue weighted by molar-refractivity contribution is 0.496. The Morgan fingerprint density at radius 1 is 0.947 bits per heavy atom. The molecule has 0 fully saturated rings. The fourth-order valence-corrected chi connectivity index (χ4v) is 2.05. The zero-order valence-electron chi connectivity index (χ0n) is 10.1. The highest BCUT2D eigenvalue weighted by molar-refractivity contribution is 6.30. The minimum absolute atomic E-state index is 0.00773. The summed E-state index contributed by atoms with van der Waals surface area (Å²) in [6, 6.07) is 6.29. The quantitative estimate of drug-likeness (QED) is 0.836. The summed E-state index contributed by atoms with van der Waals surface area (Å²) in [5.41, 5.74) is 1.18. The number of halogens is 4. The van der Waals surface area contributed by atoms with E-state index < -0.39 is 17.5 Å². The number of nitrogens with one attached hydrogen (secondary N) is 1. The van der Waals surface area contributed by atoms with Crippen molar-refractivity contribution in [3.8, 4) is 11.1 Å². The molecule has 2 aromatic carbocycles. The summed E-state index contributed by atoms with van der Waals surface area (Å²) in [5, 5.41) is 3.33. The van der Waals surface area contributed by atoms with E-state index in [1.165, 1.54) is 6.07 Å². The SMILES string of the molecule is CNCc1ccc(Cl)cc1-c1cc(F)c(F)cc1F. The molecule has 0 atom stereocenters. The molecule has 0 radical (unpaired) electrons. The van der Waals surface area contributed by atoms with Crippen LogP contribution in [0.5, 0.6) is 0 Å². The summed E-state index contributed by atoms with van der Waals surface area (Å²) in [5.74, 6) is -3.12. The van der Waals surface area contributed by atoms with Gasteiger partial charge >= 0.3 is 0 Å². The van der Waals surface area contributed by atoms with E-state index in [0.29, 0.717) is 23.2 Å². The van der Waals surface area contributed by atoms with Crippen molar-refractivity contribution in [2.45, 2.75) is 6.54 Å². The van der Waals surface area contributed by atoms with Gasteiger partial charge in [-0.15, -0.1) is 0 Å². The van der Waals surface area contributed by atoms with Crippen molar-refractivity contribution >= 4 is 11.6 Å². The fraction of sp³-hybridized carbons (Fsp3) is 0.143. The average Bonchev–Trinajstić information content (AvgIpc) is 2.36. The molecule has 0 spiro atoms. The Kier molecular flexibility index (Phi) is 4.12. The van der Waals surface area contributed by atoms with Crippen LogP contribution in [0.3, 0.4) is 0 Å². The second kappa shape index (κ2) is 5.63. The van der Waals surface area contributed by atoms with Gasteiger partial charge in [0.15, 0.2) is 11.6 Å². The molecule has 1 nitrogen and oxygen atoms in total. The topological polar surface area (TPSA) is 12.0 Å². The van der Waals surface area contributed by atoms with E-state index in [-0.39, 0.29) is 5.56 Å². The lowest BCUT2D eigenvalue weighted by Gasteiger charge is -2.11. The van der Waals surface area contributed by atoms with Crippen LogP contribution in [-0.2, 0) is 6.54 Å². The van der Waals surface area contributed by atoms with Gasteiger partial charge in [-0.3, -0.25) is 0 Å². The molecule has 0 amide bonds. The minimum atomic E-state index is -1.21. The zero-order chi connectivity index (χ0) is 14.0. The maximum Gasteiger partial charge on any atom is 0.161 e. The summed E-state index contributed by atoms with van der Waals surface area (Å²) >= 11 is 5.88. The van der Waals surface area contributed by atoms with Gasteiger partial charge in [-0.2, -0.15) is 0 Å². The molecule has 0 aliphatic heterocycles. The van der Waals surface area contributed by atoms with Crippen LogP contribution in [0.25, 0.3) is 11.1 Å². The lowest BCUT2D eigenvalue weighted by Crippen LogP contribution is -2.07. The van der Waals surface area contributed by atoms with Gasteiger partial charge in [-0.25, -0.2) is 13.2 Å². The predicted molar refractivity (Wildman–Crippen MR) is 69.5 cm³/mol. The molecule has 0 saturated heterocycles. The monoisotopic (exact) mass is 285 g/mol. The Hall–Kier alpha value is -1.52. The van der Waals surface area contributed by atoms with Gasteiger partial charge in [0.2, 0.25) is 0 Å². The van der Waals surface area contributed by atoms with Gasteiger partial charge in [0.05, 0.1) is 0 Å². The summed E-state index contributed by atoms with van der Waals surface area (Å²) in [7, 11) is 1.74. The van der Waals surface area contributed by atoms with Gasteiger partial charge in [0.1, 0.15) is 5.82 Å². The first-order valence-corrected chi connectivity index (χ1v) is 5.98. The normalized spacial score (nSPS) is 10.8. The van der Waals surface area contributed by atoms with Crippen molar-refractivity contribution in [1.82, 2.24) is 5.32 Å². The molecule has 0 aromatic heterocycles. The average molecular weight is 286 g/mol. The first-order chi connectivity index (χ1) is 9.02. The van der Waals surface area contributed by atoms with E-state index in [2.05, 4.69) is 5.32 Å². The van der Waals surface area contributed by atoms with Gasteiger partial charge < -0.3 is 5.32 Å². The highest BCUT2D eigenvalue weighted by atomic mass is 35.5. The summed E-state index contributed by atoms with van der Waals surface area (Å²) in [6.45, 7) is 0.463. The van der Waals surface area contributed by atoms with Gasteiger partial charge in [0, 0.05) is 23.2 Å². The molecule has 2 rings (SSSR count). The van der Waals surface area contributed by atoms with Crippen LogP contribution in [0, 0.1) is 17.5 Å². The van der Waals surface area contributed by atoms with E-state index in [4.69, 9.17) is 11.6 Å². The van der Waals surface area contributed by atoms with Crippen LogP contribution in [-0.4, -0.2) is 7.05 Å². The predicted octanol–water partition coefficient (Wildman–Crippen LogP) is 4.14. The molecule has 19 heavy (non-hydrogen) atoms. The lowest BCUT2D eigenvalue weighted by atomic mass is 9.99. The third-order valence-electron chi connectivity index (χ3n) is 2.74. The van der Waals surface area contributed by atoms with Crippen molar-refractivity contribution in [3.05, 3.63) is 58.4 Å². The van der Waals surface area contributed by atoms with E-state index in [1.807, 2.05) is 0 Å². The standard InChI is InChI=1S/C14H11ClF3N/c1-19-7-8-2-3-9(15)4-10(8)11-5-13(17)14(18)6-12(11)16/h2-6,19H,7H2,1H3. The Morgan fingerprint density at radius 2 is 1.63 bits per heavy atom. The molecule has 0 unspecified atom stereocenters. The molecule has 0 aliphatic carbocycles. The Bertz CT molecular complexity index is 614. The molecule has 2 aromatic rings. The number of hydrogen-bond donors (Lipinski definition) is 1. The van der Waals surface area contributed by atoms with Gasteiger partial charge in [-0.1, -0.05) is 17.7 Å². The van der Waals surface area contributed by atoms with Crippen molar-refractivity contribution in [2.24, 2.45) is 0 Å². The van der Waals surface area contributed by atoms with E-state index >= 15 is 0 Å². The molecule has 0 aliphatic rings. The number of rotatable bonds is 3. The van der Waals surface area contributed by atoms with Crippen molar-refractivity contribution in [1.29, 1.82) is 0 Å². The first-order valence-electron chi connectivity index (χ1n) is 5.61. The molecule has 1 N–H and O–H groups in total. The number of benzene rings is 2. The maximum absolute atomic E-state index is 13.8. The Balaban J connectivity index is 2.63. The van der Waals surface area contributed by atoms with Crippen LogP contribution in [0.4, 0.5) is 13.2 Å². The van der Waals surface area contributed by atoms with Crippen LogP contribution >= 0.6 is 11.6 Å². The highest BCUT2D eigenvalue weighted by Gasteiger charge is 2.14. The summed E-state index contributed by atoms with van der Waals surface area (Å²) in [4.78, 5) is 0. The van der Waals surface area contributed by atoms with Crippen LogP contribution < -0.4 is 5.32 Å². The Labute approximate surface area is 114 Å². The molecular weight excluding hydrogens is 275 g/mol. The smallest absolute Gasteiger partial charge is 0.161 e. The first kappa shape index (κ1) is 13.9. The summed E-state index contributed by atoms with van der Waals surface area (Å²) in [6.07, 6.45) is 0. The van der Waals surface area contributed by atoms with Crippen molar-refractivity contribution in [2.75, 3.05) is 7.05 Å². The molecular formula is C14H11ClF3N. The fourth-order valence-electron chi connectivity index (χ4n) is 1.87. The maximum atomic E-state index is 13.8. The van der Waals surface area contributed by atoms with Gasteiger partial charge in [0.25, 0.3) is 0 Å². The summed E-state index contributed by atoms with van der Waals surface area (Å²) < 4.78 is 40.0. The third kappa shape index (κ3) is 2.91. The van der Waals surface area contributed by atoms with Gasteiger partial charge in [-0.05, 0) is 36.4 Å². The molecule has 0 heterocycles. The van der Waals surface area contributed by atoms with Crippen LogP contribution in [0.1, 0.15) is 5.56 Å². The second-order valence-electron chi connectivity index (χ2n) is 4.08. The minimum Gasteiger partial charge on any atom is -0.316 e. The number of hydrogen-bond acceptors (Lipinski definition) is 1. The van der Waals surface area contributed by atoms with Crippen molar-refractivity contribution in [3.63, 3.8) is 0 Å². The van der Waals surface area contributed by atoms with Crippen LogP contribution in [0.2, 0.25) is 5.02 Å². The molecule has 0 bridgehead atoms. The third-order valence-corrected chi connectivity index (χ3v) is 2.97. The largest absolute Gasteiger partial charge is 0.316 e. The molecule has 5 heteroatoms. The molecule has 0 saturated carbocycles. The van der Waals surface area contributed by atoms with Crippen LogP contribution in [0.15, 0.2) is 30.3 Å². The van der Waals surface area contributed by atoms with E-state index in [0.717, 1.165) is 11.6 Å². The zero-order valence-corrected chi connectivity index (χ0v) is 10.9. The Morgan fingerprint density at radius 3 is 2.32 bits per heavy atom.